The Morgan fingerprint density at radius 1 is 1.23 bits per heavy atom. The van der Waals surface area contributed by atoms with Gasteiger partial charge in [-0.05, 0) is 24.3 Å². The standard InChI is InChI=1S/C17H19N7O6/c1-29-8-4-2-7(3-5-8)22-23-17-19-10-13(20-16(18)21-14(10)28)24(17)15-12(27)11(26)9(6-25)30-15/h2-5,9,11-12,15,25-27H,6H2,1H3,(H3,18,20,21,28)/b23-22+/t9-,11?,12+,15-/m1/s1. The molecular weight excluding hydrogens is 398 g/mol. The molecule has 0 amide bonds. The minimum Gasteiger partial charge on any atom is -0.497 e. The molecule has 4 rings (SSSR count). The third-order valence-corrected chi connectivity index (χ3v) is 4.65. The summed E-state index contributed by atoms with van der Waals surface area (Å²) in [6, 6.07) is 6.70. The predicted octanol–water partition coefficient (Wildman–Crippen LogP) is -0.263. The van der Waals surface area contributed by atoms with Crippen molar-refractivity contribution in [1.29, 1.82) is 0 Å². The van der Waals surface area contributed by atoms with Crippen molar-refractivity contribution in [2.75, 3.05) is 19.5 Å². The van der Waals surface area contributed by atoms with Gasteiger partial charge in [0.1, 0.15) is 24.1 Å². The number of nitrogens with two attached hydrogens (primary N) is 1. The first-order valence-electron chi connectivity index (χ1n) is 8.89. The molecule has 0 aliphatic carbocycles. The molecule has 3 heterocycles. The lowest BCUT2D eigenvalue weighted by atomic mass is 10.1. The summed E-state index contributed by atoms with van der Waals surface area (Å²) in [5.41, 5.74) is 5.37. The lowest BCUT2D eigenvalue weighted by Gasteiger charge is -2.17. The summed E-state index contributed by atoms with van der Waals surface area (Å²) in [5.74, 6) is 0.345. The molecule has 1 aromatic carbocycles. The van der Waals surface area contributed by atoms with E-state index in [1.807, 2.05) is 0 Å². The fraction of sp³-hybridized carbons (Fsp3) is 0.353. The van der Waals surface area contributed by atoms with Gasteiger partial charge in [0.25, 0.3) is 11.5 Å². The Bertz CT molecular complexity index is 1140. The monoisotopic (exact) mass is 417 g/mol. The molecule has 13 nitrogen and oxygen atoms in total. The number of hydrogen-bond acceptors (Lipinski definition) is 11. The molecule has 2 aromatic heterocycles. The zero-order valence-electron chi connectivity index (χ0n) is 15.7. The van der Waals surface area contributed by atoms with Crippen molar-refractivity contribution in [3.8, 4) is 5.75 Å². The van der Waals surface area contributed by atoms with Crippen LogP contribution >= 0.6 is 0 Å². The number of methoxy groups -OCH3 is 1. The van der Waals surface area contributed by atoms with Crippen molar-refractivity contribution < 1.29 is 24.8 Å². The Balaban J connectivity index is 1.82. The number of aromatic amines is 1. The lowest BCUT2D eigenvalue weighted by molar-refractivity contribution is -0.0503. The third-order valence-electron chi connectivity index (χ3n) is 4.65. The maximum Gasteiger partial charge on any atom is 0.280 e. The second-order valence-corrected chi connectivity index (χ2v) is 6.53. The molecule has 1 saturated heterocycles. The smallest absolute Gasteiger partial charge is 0.280 e. The van der Waals surface area contributed by atoms with Crippen molar-refractivity contribution >= 4 is 28.7 Å². The Hall–Kier alpha value is -3.39. The van der Waals surface area contributed by atoms with E-state index in [0.717, 1.165) is 0 Å². The largest absolute Gasteiger partial charge is 0.497 e. The maximum absolute atomic E-state index is 12.3. The number of anilines is 1. The fourth-order valence-electron chi connectivity index (χ4n) is 3.14. The number of nitrogens with one attached hydrogen (secondary N) is 1. The van der Waals surface area contributed by atoms with Crippen molar-refractivity contribution in [3.63, 3.8) is 0 Å². The topological polar surface area (TPSA) is 193 Å². The first-order chi connectivity index (χ1) is 14.4. The average Bonchev–Trinajstić information content (AvgIpc) is 3.24. The summed E-state index contributed by atoms with van der Waals surface area (Å²) >= 11 is 0. The molecule has 0 radical (unpaired) electrons. The van der Waals surface area contributed by atoms with Crippen molar-refractivity contribution in [3.05, 3.63) is 34.6 Å². The zero-order valence-corrected chi connectivity index (χ0v) is 15.7. The Morgan fingerprint density at radius 3 is 2.60 bits per heavy atom. The molecular formula is C17H19N7O6. The number of hydrogen-bond donors (Lipinski definition) is 5. The summed E-state index contributed by atoms with van der Waals surface area (Å²) in [6.45, 7) is -0.528. The van der Waals surface area contributed by atoms with Gasteiger partial charge >= 0.3 is 0 Å². The number of nitrogens with zero attached hydrogens (tertiary/aromatic N) is 5. The Kier molecular flexibility index (Phi) is 5.17. The number of imidazole rings is 1. The Labute approximate surface area is 168 Å². The van der Waals surface area contributed by atoms with Crippen LogP contribution in [0.4, 0.5) is 17.6 Å². The number of fused-ring (bicyclic) bond motifs is 1. The number of azo groups is 1. The van der Waals surface area contributed by atoms with E-state index in [-0.39, 0.29) is 23.1 Å². The summed E-state index contributed by atoms with van der Waals surface area (Å²) in [6.07, 6.45) is -5.10. The molecule has 1 unspecified atom stereocenters. The minimum atomic E-state index is -1.45. The molecule has 1 aliphatic heterocycles. The van der Waals surface area contributed by atoms with E-state index in [4.69, 9.17) is 15.2 Å². The number of nitrogen functional groups attached to an aromatic ring is 1. The number of aliphatic hydroxyl groups excluding tert-OH is 3. The van der Waals surface area contributed by atoms with Crippen molar-refractivity contribution in [1.82, 2.24) is 19.5 Å². The lowest BCUT2D eigenvalue weighted by Crippen LogP contribution is -2.33. The van der Waals surface area contributed by atoms with Crippen LogP contribution in [0.2, 0.25) is 0 Å². The van der Waals surface area contributed by atoms with Gasteiger partial charge in [0, 0.05) is 0 Å². The van der Waals surface area contributed by atoms with Crippen molar-refractivity contribution in [2.45, 2.75) is 24.5 Å². The van der Waals surface area contributed by atoms with Gasteiger partial charge < -0.3 is 30.5 Å². The van der Waals surface area contributed by atoms with E-state index in [2.05, 4.69) is 25.2 Å². The van der Waals surface area contributed by atoms with Crippen LogP contribution in [0, 0.1) is 0 Å². The highest BCUT2D eigenvalue weighted by molar-refractivity contribution is 5.74. The summed E-state index contributed by atoms with van der Waals surface area (Å²) in [7, 11) is 1.54. The number of aromatic nitrogens is 4. The third kappa shape index (κ3) is 3.39. The van der Waals surface area contributed by atoms with E-state index in [1.165, 1.54) is 11.7 Å². The predicted molar refractivity (Wildman–Crippen MR) is 103 cm³/mol. The maximum atomic E-state index is 12.3. The summed E-state index contributed by atoms with van der Waals surface area (Å²) < 4.78 is 11.8. The highest BCUT2D eigenvalue weighted by Crippen LogP contribution is 2.35. The Morgan fingerprint density at radius 2 is 1.97 bits per heavy atom. The second kappa shape index (κ2) is 7.79. The highest BCUT2D eigenvalue weighted by atomic mass is 16.6. The fourth-order valence-corrected chi connectivity index (χ4v) is 3.14. The first kappa shape index (κ1) is 19.9. The molecule has 3 aromatic rings. The number of H-pyrrole nitrogens is 1. The van der Waals surface area contributed by atoms with Gasteiger partial charge in [0.05, 0.1) is 19.4 Å². The van der Waals surface area contributed by atoms with Crippen LogP contribution in [0.3, 0.4) is 0 Å². The second-order valence-electron chi connectivity index (χ2n) is 6.53. The van der Waals surface area contributed by atoms with E-state index in [0.29, 0.717) is 11.4 Å². The molecule has 13 heteroatoms. The normalized spacial score (nSPS) is 24.1. The van der Waals surface area contributed by atoms with Crippen LogP contribution < -0.4 is 16.0 Å². The van der Waals surface area contributed by atoms with Crippen LogP contribution in [0.25, 0.3) is 11.2 Å². The summed E-state index contributed by atoms with van der Waals surface area (Å²) in [4.78, 5) is 22.8. The van der Waals surface area contributed by atoms with Gasteiger partial charge in [-0.3, -0.25) is 14.3 Å². The molecule has 1 aliphatic rings. The molecule has 158 valence electrons. The van der Waals surface area contributed by atoms with E-state index in [9.17, 15) is 20.1 Å². The van der Waals surface area contributed by atoms with Crippen molar-refractivity contribution in [2.24, 2.45) is 10.2 Å². The minimum absolute atomic E-state index is 0.0187. The van der Waals surface area contributed by atoms with Gasteiger partial charge in [-0.2, -0.15) is 4.98 Å². The number of ether oxygens (including phenoxy) is 2. The SMILES string of the molecule is COc1ccc(/N=N/c2nc3c(=O)[nH]c(N)nc3n2[C@@H]2O[C@H](CO)C(O)[C@@H]2O)cc1. The molecule has 0 spiro atoms. The van der Waals surface area contributed by atoms with Crippen LogP contribution in [-0.2, 0) is 4.74 Å². The molecule has 4 atom stereocenters. The molecule has 1 fully saturated rings. The number of rotatable bonds is 5. The van der Waals surface area contributed by atoms with Crippen LogP contribution in [0.5, 0.6) is 5.75 Å². The van der Waals surface area contributed by atoms with Gasteiger partial charge in [0.2, 0.25) is 5.95 Å². The molecule has 30 heavy (non-hydrogen) atoms. The average molecular weight is 417 g/mol. The zero-order chi connectivity index (χ0) is 21.4. The molecule has 0 bridgehead atoms. The van der Waals surface area contributed by atoms with Crippen LogP contribution in [-0.4, -0.2) is 66.9 Å². The van der Waals surface area contributed by atoms with E-state index < -0.39 is 36.7 Å². The van der Waals surface area contributed by atoms with Gasteiger partial charge in [0.15, 0.2) is 17.4 Å². The van der Waals surface area contributed by atoms with Gasteiger partial charge in [-0.1, -0.05) is 0 Å². The highest BCUT2D eigenvalue weighted by Gasteiger charge is 2.45. The van der Waals surface area contributed by atoms with Crippen LogP contribution in [0.1, 0.15) is 6.23 Å². The number of aliphatic hydroxyl groups is 3. The van der Waals surface area contributed by atoms with Gasteiger partial charge in [-0.25, -0.2) is 4.98 Å². The first-order valence-corrected chi connectivity index (χ1v) is 8.89. The number of benzene rings is 1. The quantitative estimate of drug-likeness (QED) is 0.348. The van der Waals surface area contributed by atoms with E-state index >= 15 is 0 Å². The van der Waals surface area contributed by atoms with E-state index in [1.54, 1.807) is 24.3 Å². The molecule has 0 saturated carbocycles. The van der Waals surface area contributed by atoms with Gasteiger partial charge in [-0.15, -0.1) is 10.2 Å². The molecule has 6 N–H and O–H groups in total. The van der Waals surface area contributed by atoms with Crippen LogP contribution in [0.15, 0.2) is 39.3 Å². The summed E-state index contributed by atoms with van der Waals surface area (Å²) in [5, 5.41) is 38.1.